The Balaban J connectivity index is 1.63. The highest BCUT2D eigenvalue weighted by molar-refractivity contribution is 6.30. The third kappa shape index (κ3) is 6.72. The molecule has 1 aromatic rings. The first kappa shape index (κ1) is 25.0. The minimum Gasteiger partial charge on any atom is -0.481 e. The van der Waals surface area contributed by atoms with Crippen molar-refractivity contribution in [2.24, 2.45) is 17.8 Å². The molecule has 3 aliphatic rings. The van der Waals surface area contributed by atoms with Gasteiger partial charge in [0.05, 0.1) is 5.02 Å². The van der Waals surface area contributed by atoms with Crippen LogP contribution in [0.4, 0.5) is 4.39 Å². The molecule has 184 valence electrons. The maximum Gasteiger partial charge on any atom is 0.303 e. The van der Waals surface area contributed by atoms with E-state index in [2.05, 4.69) is 4.90 Å². The summed E-state index contributed by atoms with van der Waals surface area (Å²) in [6.45, 7) is 2.24. The fourth-order valence-corrected chi connectivity index (χ4v) is 7.21. The Morgan fingerprint density at radius 3 is 2.06 bits per heavy atom. The fraction of sp³-hybridized carbons (Fsp3) is 0.750. The van der Waals surface area contributed by atoms with Gasteiger partial charge in [-0.15, -0.1) is 0 Å². The predicted molar refractivity (Wildman–Crippen MR) is 132 cm³/mol. The van der Waals surface area contributed by atoms with Crippen LogP contribution in [0.5, 0.6) is 0 Å². The minimum atomic E-state index is -0.744. The van der Waals surface area contributed by atoms with Gasteiger partial charge in [0.1, 0.15) is 5.82 Å². The Labute approximate surface area is 204 Å². The molecule has 1 N–H and O–H groups in total. The van der Waals surface area contributed by atoms with Crippen molar-refractivity contribution < 1.29 is 14.3 Å². The van der Waals surface area contributed by atoms with E-state index in [-0.39, 0.29) is 29.3 Å². The van der Waals surface area contributed by atoms with Gasteiger partial charge in [-0.05, 0) is 74.0 Å². The Morgan fingerprint density at radius 1 is 0.909 bits per heavy atom. The van der Waals surface area contributed by atoms with Crippen molar-refractivity contribution in [3.05, 3.63) is 34.6 Å². The van der Waals surface area contributed by atoms with Crippen LogP contribution in [0.1, 0.15) is 101 Å². The van der Waals surface area contributed by atoms with E-state index in [0.29, 0.717) is 0 Å². The number of aliphatic carboxylic acids is 1. The molecule has 0 bridgehead atoms. The van der Waals surface area contributed by atoms with E-state index < -0.39 is 11.8 Å². The Bertz CT molecular complexity index is 755. The lowest BCUT2D eigenvalue weighted by Crippen LogP contribution is -2.48. The zero-order valence-electron chi connectivity index (χ0n) is 20.0. The molecule has 3 atom stereocenters. The number of benzene rings is 1. The third-order valence-corrected chi connectivity index (χ3v) is 8.97. The van der Waals surface area contributed by atoms with Gasteiger partial charge in [0.2, 0.25) is 0 Å². The quantitative estimate of drug-likeness (QED) is 0.417. The molecule has 3 aliphatic carbocycles. The highest BCUT2D eigenvalue weighted by atomic mass is 35.5. The molecule has 0 aromatic heterocycles. The molecule has 3 saturated carbocycles. The van der Waals surface area contributed by atoms with Crippen molar-refractivity contribution in [1.82, 2.24) is 4.90 Å². The molecule has 0 heterocycles. The fourth-order valence-electron chi connectivity index (χ4n) is 7.09. The van der Waals surface area contributed by atoms with Gasteiger partial charge in [0.15, 0.2) is 0 Å². The maximum atomic E-state index is 14.5. The lowest BCUT2D eigenvalue weighted by Gasteiger charge is -2.47. The second-order valence-electron chi connectivity index (χ2n) is 11.0. The summed E-state index contributed by atoms with van der Waals surface area (Å²) in [5, 5.41) is 9.81. The lowest BCUT2D eigenvalue weighted by molar-refractivity contribution is -0.138. The lowest BCUT2D eigenvalue weighted by atomic mass is 9.70. The molecule has 0 radical (unpaired) electrons. The van der Waals surface area contributed by atoms with E-state index in [1.54, 1.807) is 12.1 Å². The van der Waals surface area contributed by atoms with Gasteiger partial charge >= 0.3 is 5.97 Å². The first-order chi connectivity index (χ1) is 16.0. The number of carbonyl (C=O) groups is 1. The van der Waals surface area contributed by atoms with Crippen LogP contribution < -0.4 is 0 Å². The second kappa shape index (κ2) is 12.0. The molecule has 3 nitrogen and oxygen atoms in total. The van der Waals surface area contributed by atoms with Crippen molar-refractivity contribution in [2.45, 2.75) is 102 Å². The van der Waals surface area contributed by atoms with Crippen LogP contribution in [-0.2, 0) is 4.79 Å². The van der Waals surface area contributed by atoms with Crippen LogP contribution in [0.15, 0.2) is 18.2 Å². The van der Waals surface area contributed by atoms with Crippen molar-refractivity contribution in [1.29, 1.82) is 0 Å². The number of nitrogens with zero attached hydrogens (tertiary/aromatic N) is 1. The summed E-state index contributed by atoms with van der Waals surface area (Å²) < 4.78 is 14.5. The first-order valence-corrected chi connectivity index (χ1v) is 13.8. The highest BCUT2D eigenvalue weighted by Crippen LogP contribution is 2.44. The van der Waals surface area contributed by atoms with E-state index in [0.717, 1.165) is 49.8 Å². The molecule has 4 rings (SSSR count). The van der Waals surface area contributed by atoms with Gasteiger partial charge in [0, 0.05) is 31.5 Å². The number of hydrogen-bond donors (Lipinski definition) is 1. The summed E-state index contributed by atoms with van der Waals surface area (Å²) >= 11 is 6.02. The van der Waals surface area contributed by atoms with Gasteiger partial charge in [-0.3, -0.25) is 9.69 Å². The summed E-state index contributed by atoms with van der Waals surface area (Å²) in [4.78, 5) is 14.5. The molecule has 33 heavy (non-hydrogen) atoms. The molecule has 3 fully saturated rings. The standard InChI is InChI=1S/C28H41ClFNO2/c29-24-15-14-23(16-25(24)30)28-22(17-27(32)33)12-7-13-26(28)31(18-20-8-3-1-4-9-20)19-21-10-5-2-6-11-21/h14-16,20-22,26,28H,1-13,17-19H2,(H,32,33). The summed E-state index contributed by atoms with van der Waals surface area (Å²) in [5.41, 5.74) is 0.935. The highest BCUT2D eigenvalue weighted by Gasteiger charge is 2.40. The summed E-state index contributed by atoms with van der Waals surface area (Å²) in [7, 11) is 0. The summed E-state index contributed by atoms with van der Waals surface area (Å²) in [6, 6.07) is 5.47. The van der Waals surface area contributed by atoms with Crippen LogP contribution in [0.3, 0.4) is 0 Å². The average Bonchev–Trinajstić information content (AvgIpc) is 2.81. The molecule has 0 spiro atoms. The Kier molecular flexibility index (Phi) is 9.10. The average molecular weight is 478 g/mol. The van der Waals surface area contributed by atoms with Gasteiger partial charge in [-0.25, -0.2) is 4.39 Å². The smallest absolute Gasteiger partial charge is 0.303 e. The van der Waals surface area contributed by atoms with E-state index in [1.165, 1.54) is 64.2 Å². The third-order valence-electron chi connectivity index (χ3n) is 8.67. The summed E-state index contributed by atoms with van der Waals surface area (Å²) in [5.74, 6) is 0.440. The van der Waals surface area contributed by atoms with Crippen LogP contribution >= 0.6 is 11.6 Å². The molecule has 1 aromatic carbocycles. The van der Waals surface area contributed by atoms with E-state index in [4.69, 9.17) is 11.6 Å². The number of halogens is 2. The van der Waals surface area contributed by atoms with Crippen LogP contribution in [0.2, 0.25) is 5.02 Å². The van der Waals surface area contributed by atoms with Crippen molar-refractivity contribution in [3.63, 3.8) is 0 Å². The molecular formula is C28H41ClFNO2. The van der Waals surface area contributed by atoms with Crippen molar-refractivity contribution >= 4 is 17.6 Å². The zero-order chi connectivity index (χ0) is 23.2. The van der Waals surface area contributed by atoms with Gasteiger partial charge in [-0.1, -0.05) is 62.6 Å². The molecule has 5 heteroatoms. The van der Waals surface area contributed by atoms with Gasteiger partial charge in [-0.2, -0.15) is 0 Å². The Hall–Kier alpha value is -1.13. The van der Waals surface area contributed by atoms with Gasteiger partial charge in [0.25, 0.3) is 0 Å². The molecule has 0 amide bonds. The SMILES string of the molecule is O=C(O)CC1CCCC(N(CC2CCCCC2)CC2CCCCC2)C1c1ccc(Cl)c(F)c1. The van der Waals surface area contributed by atoms with E-state index in [9.17, 15) is 14.3 Å². The number of carboxylic acid groups (broad SMARTS) is 1. The maximum absolute atomic E-state index is 14.5. The van der Waals surface area contributed by atoms with Crippen LogP contribution in [0, 0.1) is 23.6 Å². The van der Waals surface area contributed by atoms with Crippen LogP contribution in [-0.4, -0.2) is 35.1 Å². The number of rotatable bonds is 8. The van der Waals surface area contributed by atoms with E-state index >= 15 is 0 Å². The second-order valence-corrected chi connectivity index (χ2v) is 11.4. The number of carboxylic acids is 1. The molecule has 0 aliphatic heterocycles. The molecular weight excluding hydrogens is 437 g/mol. The number of hydrogen-bond acceptors (Lipinski definition) is 2. The summed E-state index contributed by atoms with van der Waals surface area (Å²) in [6.07, 6.45) is 16.5. The normalized spacial score (nSPS) is 27.7. The van der Waals surface area contributed by atoms with Gasteiger partial charge < -0.3 is 5.11 Å². The topological polar surface area (TPSA) is 40.5 Å². The Morgan fingerprint density at radius 2 is 1.52 bits per heavy atom. The largest absolute Gasteiger partial charge is 0.481 e. The monoisotopic (exact) mass is 477 g/mol. The predicted octanol–water partition coefficient (Wildman–Crippen LogP) is 7.67. The zero-order valence-corrected chi connectivity index (χ0v) is 20.7. The molecule has 0 saturated heterocycles. The first-order valence-electron chi connectivity index (χ1n) is 13.4. The van der Waals surface area contributed by atoms with E-state index in [1.807, 2.05) is 6.07 Å². The minimum absolute atomic E-state index is 0.0436. The van der Waals surface area contributed by atoms with Crippen LogP contribution in [0.25, 0.3) is 0 Å². The van der Waals surface area contributed by atoms with Crippen molar-refractivity contribution in [3.8, 4) is 0 Å². The van der Waals surface area contributed by atoms with Crippen molar-refractivity contribution in [2.75, 3.05) is 13.1 Å². The molecule has 3 unspecified atom stereocenters.